The standard InChI is InChI=1S/C14H14N2O2/c1-14(2,3)13-15-10-11(17)8-6-4-5-7-9(8)18-12(10)16-13/h4-7H,1-3H3,(H,15,16). The first kappa shape index (κ1) is 11.0. The highest BCUT2D eigenvalue weighted by Crippen LogP contribution is 2.23. The van der Waals surface area contributed by atoms with Crippen LogP contribution in [0.1, 0.15) is 26.6 Å². The van der Waals surface area contributed by atoms with Gasteiger partial charge in [0.25, 0.3) is 0 Å². The highest BCUT2D eigenvalue weighted by molar-refractivity contribution is 5.86. The highest BCUT2D eigenvalue weighted by Gasteiger charge is 2.21. The van der Waals surface area contributed by atoms with Crippen LogP contribution in [-0.2, 0) is 5.41 Å². The Hall–Kier alpha value is -2.10. The molecule has 0 amide bonds. The van der Waals surface area contributed by atoms with Gasteiger partial charge in [0.2, 0.25) is 11.1 Å². The zero-order valence-corrected chi connectivity index (χ0v) is 10.6. The minimum Gasteiger partial charge on any atom is -0.436 e. The molecule has 0 saturated carbocycles. The van der Waals surface area contributed by atoms with E-state index in [2.05, 4.69) is 9.97 Å². The van der Waals surface area contributed by atoms with Crippen molar-refractivity contribution in [3.05, 3.63) is 40.3 Å². The van der Waals surface area contributed by atoms with E-state index < -0.39 is 0 Å². The third kappa shape index (κ3) is 1.53. The molecule has 3 aromatic rings. The summed E-state index contributed by atoms with van der Waals surface area (Å²) in [7, 11) is 0. The van der Waals surface area contributed by atoms with Gasteiger partial charge in [-0.1, -0.05) is 32.9 Å². The Balaban J connectivity index is 2.44. The average molecular weight is 242 g/mol. The minimum atomic E-state index is -0.146. The second kappa shape index (κ2) is 3.45. The summed E-state index contributed by atoms with van der Waals surface area (Å²) in [4.78, 5) is 19.7. The van der Waals surface area contributed by atoms with Gasteiger partial charge >= 0.3 is 0 Å². The first-order chi connectivity index (χ1) is 8.47. The Kier molecular flexibility index (Phi) is 2.11. The normalized spacial score (nSPS) is 12.4. The van der Waals surface area contributed by atoms with Crippen molar-refractivity contribution in [1.29, 1.82) is 0 Å². The Morgan fingerprint density at radius 2 is 1.94 bits per heavy atom. The fourth-order valence-electron chi connectivity index (χ4n) is 1.92. The summed E-state index contributed by atoms with van der Waals surface area (Å²) in [5, 5.41) is 0.578. The molecule has 0 atom stereocenters. The number of H-pyrrole nitrogens is 1. The molecule has 0 aliphatic carbocycles. The molecule has 0 saturated heterocycles. The Morgan fingerprint density at radius 1 is 1.22 bits per heavy atom. The van der Waals surface area contributed by atoms with Crippen LogP contribution in [0.3, 0.4) is 0 Å². The fraction of sp³-hybridized carbons (Fsp3) is 0.286. The van der Waals surface area contributed by atoms with E-state index in [-0.39, 0.29) is 10.8 Å². The summed E-state index contributed by atoms with van der Waals surface area (Å²) in [6.45, 7) is 6.11. The van der Waals surface area contributed by atoms with Crippen molar-refractivity contribution in [2.24, 2.45) is 0 Å². The Morgan fingerprint density at radius 3 is 2.67 bits per heavy atom. The van der Waals surface area contributed by atoms with Crippen LogP contribution in [0.4, 0.5) is 0 Å². The number of aromatic nitrogens is 2. The largest absolute Gasteiger partial charge is 0.436 e. The Labute approximate surface area is 104 Å². The molecular weight excluding hydrogens is 228 g/mol. The van der Waals surface area contributed by atoms with Gasteiger partial charge in [0.1, 0.15) is 11.4 Å². The molecule has 0 bridgehead atoms. The molecule has 0 aliphatic rings. The highest BCUT2D eigenvalue weighted by atomic mass is 16.3. The number of nitrogens with zero attached hydrogens (tertiary/aromatic N) is 1. The SMILES string of the molecule is CC(C)(C)c1nc2oc3ccccc3c(=O)c2[nH]1. The van der Waals surface area contributed by atoms with Gasteiger partial charge in [-0.2, -0.15) is 4.98 Å². The second-order valence-electron chi connectivity index (χ2n) is 5.44. The molecule has 3 rings (SSSR count). The van der Waals surface area contributed by atoms with E-state index in [1.165, 1.54) is 0 Å². The number of para-hydroxylation sites is 1. The lowest BCUT2D eigenvalue weighted by molar-refractivity contribution is 0.549. The molecule has 1 N–H and O–H groups in total. The van der Waals surface area contributed by atoms with Gasteiger partial charge in [-0.05, 0) is 12.1 Å². The molecule has 0 spiro atoms. The molecule has 18 heavy (non-hydrogen) atoms. The molecule has 0 aliphatic heterocycles. The van der Waals surface area contributed by atoms with Crippen molar-refractivity contribution in [2.75, 3.05) is 0 Å². The number of fused-ring (bicyclic) bond motifs is 2. The van der Waals surface area contributed by atoms with Gasteiger partial charge < -0.3 is 9.40 Å². The van der Waals surface area contributed by atoms with Crippen molar-refractivity contribution in [3.8, 4) is 0 Å². The topological polar surface area (TPSA) is 58.9 Å². The van der Waals surface area contributed by atoms with Crippen molar-refractivity contribution in [2.45, 2.75) is 26.2 Å². The predicted molar refractivity (Wildman–Crippen MR) is 70.8 cm³/mol. The summed E-state index contributed by atoms with van der Waals surface area (Å²) in [6.07, 6.45) is 0. The van der Waals surface area contributed by atoms with Crippen LogP contribution in [0, 0.1) is 0 Å². The van der Waals surface area contributed by atoms with Crippen molar-refractivity contribution >= 4 is 22.2 Å². The third-order valence-electron chi connectivity index (χ3n) is 2.95. The summed E-state index contributed by atoms with van der Waals surface area (Å²) in [6, 6.07) is 7.21. The van der Waals surface area contributed by atoms with Gasteiger partial charge in [0, 0.05) is 5.41 Å². The lowest BCUT2D eigenvalue weighted by atomic mass is 9.96. The Bertz CT molecular complexity index is 791. The molecular formula is C14H14N2O2. The minimum absolute atomic E-state index is 0.0603. The summed E-state index contributed by atoms with van der Waals surface area (Å²) < 4.78 is 5.66. The van der Waals surface area contributed by atoms with E-state index >= 15 is 0 Å². The maximum absolute atomic E-state index is 12.3. The van der Waals surface area contributed by atoms with Crippen LogP contribution in [0.5, 0.6) is 0 Å². The second-order valence-corrected chi connectivity index (χ2v) is 5.44. The average Bonchev–Trinajstić information content (AvgIpc) is 2.73. The van der Waals surface area contributed by atoms with E-state index in [1.807, 2.05) is 32.9 Å². The zero-order valence-electron chi connectivity index (χ0n) is 10.6. The molecule has 4 nitrogen and oxygen atoms in total. The molecule has 2 heterocycles. The van der Waals surface area contributed by atoms with Crippen LogP contribution < -0.4 is 5.43 Å². The summed E-state index contributed by atoms with van der Waals surface area (Å²) in [5.74, 6) is 0.758. The van der Waals surface area contributed by atoms with E-state index in [4.69, 9.17) is 4.42 Å². The summed E-state index contributed by atoms with van der Waals surface area (Å²) >= 11 is 0. The quantitative estimate of drug-likeness (QED) is 0.659. The molecule has 1 aromatic carbocycles. The predicted octanol–water partition coefficient (Wildman–Crippen LogP) is 2.97. The number of hydrogen-bond donors (Lipinski definition) is 1. The van der Waals surface area contributed by atoms with Gasteiger partial charge in [0.05, 0.1) is 5.39 Å². The van der Waals surface area contributed by atoms with Crippen LogP contribution in [0.25, 0.3) is 22.2 Å². The molecule has 4 heteroatoms. The van der Waals surface area contributed by atoms with Crippen LogP contribution >= 0.6 is 0 Å². The third-order valence-corrected chi connectivity index (χ3v) is 2.95. The number of imidazole rings is 1. The van der Waals surface area contributed by atoms with Crippen molar-refractivity contribution in [1.82, 2.24) is 9.97 Å². The number of hydrogen-bond acceptors (Lipinski definition) is 3. The van der Waals surface area contributed by atoms with Crippen LogP contribution in [0.2, 0.25) is 0 Å². The zero-order chi connectivity index (χ0) is 12.9. The number of benzene rings is 1. The molecule has 0 fully saturated rings. The van der Waals surface area contributed by atoms with Crippen LogP contribution in [-0.4, -0.2) is 9.97 Å². The smallest absolute Gasteiger partial charge is 0.249 e. The maximum atomic E-state index is 12.3. The first-order valence-corrected chi connectivity index (χ1v) is 5.89. The van der Waals surface area contributed by atoms with E-state index in [9.17, 15) is 4.79 Å². The number of rotatable bonds is 0. The monoisotopic (exact) mass is 242 g/mol. The van der Waals surface area contributed by atoms with E-state index in [0.717, 1.165) is 5.82 Å². The molecule has 2 aromatic heterocycles. The lowest BCUT2D eigenvalue weighted by Gasteiger charge is -2.13. The van der Waals surface area contributed by atoms with Gasteiger partial charge in [-0.3, -0.25) is 4.79 Å². The van der Waals surface area contributed by atoms with Gasteiger partial charge in [0.15, 0.2) is 5.52 Å². The lowest BCUT2D eigenvalue weighted by Crippen LogP contribution is -2.13. The van der Waals surface area contributed by atoms with Gasteiger partial charge in [-0.25, -0.2) is 0 Å². The van der Waals surface area contributed by atoms with Crippen LogP contribution in [0.15, 0.2) is 33.5 Å². The van der Waals surface area contributed by atoms with E-state index in [0.29, 0.717) is 22.2 Å². The number of nitrogens with one attached hydrogen (secondary N) is 1. The summed E-state index contributed by atoms with van der Waals surface area (Å²) in [5.41, 5.74) is 1.19. The first-order valence-electron chi connectivity index (χ1n) is 5.89. The maximum Gasteiger partial charge on any atom is 0.249 e. The van der Waals surface area contributed by atoms with Gasteiger partial charge in [-0.15, -0.1) is 0 Å². The van der Waals surface area contributed by atoms with Crippen molar-refractivity contribution in [3.63, 3.8) is 0 Å². The molecule has 92 valence electrons. The fourth-order valence-corrected chi connectivity index (χ4v) is 1.92. The number of aromatic amines is 1. The van der Waals surface area contributed by atoms with Crippen molar-refractivity contribution < 1.29 is 4.42 Å². The van der Waals surface area contributed by atoms with E-state index in [1.54, 1.807) is 12.1 Å². The molecule has 0 unspecified atom stereocenters. The molecule has 0 radical (unpaired) electrons.